The van der Waals surface area contributed by atoms with Gasteiger partial charge in [0, 0.05) is 17.6 Å². The molecular weight excluding hydrogens is 404 g/mol. The summed E-state index contributed by atoms with van der Waals surface area (Å²) in [6, 6.07) is 3.97. The van der Waals surface area contributed by atoms with Crippen LogP contribution in [0.15, 0.2) is 18.2 Å². The number of rotatable bonds is 4. The van der Waals surface area contributed by atoms with Crippen molar-refractivity contribution in [2.45, 2.75) is 70.2 Å². The van der Waals surface area contributed by atoms with Crippen molar-refractivity contribution < 1.29 is 33.7 Å². The largest absolute Gasteiger partial charge is 0.480 e. The molecule has 2 N–H and O–H groups in total. The lowest BCUT2D eigenvalue weighted by molar-refractivity contribution is -0.141. The minimum Gasteiger partial charge on any atom is -0.480 e. The molecule has 0 spiro atoms. The van der Waals surface area contributed by atoms with Gasteiger partial charge in [0.25, 0.3) is 5.91 Å². The molecule has 2 bridgehead atoms. The van der Waals surface area contributed by atoms with Gasteiger partial charge in [0.1, 0.15) is 11.6 Å². The Kier molecular flexibility index (Phi) is 5.45. The number of benzene rings is 1. The van der Waals surface area contributed by atoms with E-state index >= 15 is 0 Å². The second-order valence-corrected chi connectivity index (χ2v) is 9.36. The number of aliphatic carboxylic acids is 1. The Bertz CT molecular complexity index is 880. The van der Waals surface area contributed by atoms with Crippen LogP contribution in [-0.2, 0) is 9.53 Å². The Morgan fingerprint density at radius 2 is 1.77 bits per heavy atom. The summed E-state index contributed by atoms with van der Waals surface area (Å²) in [4.78, 5) is 39.2. The van der Waals surface area contributed by atoms with Gasteiger partial charge in [-0.05, 0) is 70.6 Å². The van der Waals surface area contributed by atoms with E-state index in [1.807, 2.05) is 4.90 Å². The number of carbonyl (C=O) groups excluding carboxylic acids is 2. The predicted octanol–water partition coefficient (Wildman–Crippen LogP) is 2.78. The molecule has 2 saturated heterocycles. The molecule has 3 atom stereocenters. The molecule has 0 aromatic heterocycles. The zero-order chi connectivity index (χ0) is 22.3. The van der Waals surface area contributed by atoms with Crippen LogP contribution < -0.4 is 14.8 Å². The van der Waals surface area contributed by atoms with E-state index in [2.05, 4.69) is 5.32 Å². The number of hydrogen-bond donors (Lipinski definition) is 2. The third kappa shape index (κ3) is 4.40. The molecule has 1 aromatic rings. The second kappa shape index (κ2) is 7.94. The smallest absolute Gasteiger partial charge is 0.408 e. The molecule has 0 saturated carbocycles. The third-order valence-electron chi connectivity index (χ3n) is 6.03. The molecule has 9 heteroatoms. The van der Waals surface area contributed by atoms with E-state index in [1.54, 1.807) is 39.0 Å². The van der Waals surface area contributed by atoms with Gasteiger partial charge in [-0.1, -0.05) is 0 Å². The zero-order valence-corrected chi connectivity index (χ0v) is 17.9. The first-order chi connectivity index (χ1) is 14.6. The zero-order valence-electron chi connectivity index (χ0n) is 17.9. The van der Waals surface area contributed by atoms with Gasteiger partial charge in [-0.2, -0.15) is 0 Å². The number of ether oxygens (including phenoxy) is 3. The minimum absolute atomic E-state index is 0.0658. The standard InChI is InChI=1S/C22H28N2O7/c1-22(2,3)31-21(28)23-18(20(26)27)13-8-14-5-6-15(9-13)24(14)19(25)12-4-7-16-17(10-12)30-11-29-16/h4,7,10,13-15,18H,5-6,8-9,11H2,1-3H3,(H,23,28)(H,26,27)/t13?,14?,15?,18-/m0/s1. The van der Waals surface area contributed by atoms with E-state index < -0.39 is 23.7 Å². The highest BCUT2D eigenvalue weighted by atomic mass is 16.7. The summed E-state index contributed by atoms with van der Waals surface area (Å²) in [7, 11) is 0. The summed E-state index contributed by atoms with van der Waals surface area (Å²) in [5.41, 5.74) is -0.187. The fourth-order valence-corrected chi connectivity index (χ4v) is 4.82. The van der Waals surface area contributed by atoms with Crippen molar-refractivity contribution >= 4 is 18.0 Å². The lowest BCUT2D eigenvalue weighted by Crippen LogP contribution is -2.54. The second-order valence-electron chi connectivity index (χ2n) is 9.36. The van der Waals surface area contributed by atoms with Crippen molar-refractivity contribution in [1.82, 2.24) is 10.2 Å². The first-order valence-corrected chi connectivity index (χ1v) is 10.6. The molecule has 0 aliphatic carbocycles. The fourth-order valence-electron chi connectivity index (χ4n) is 4.82. The summed E-state index contributed by atoms with van der Waals surface area (Å²) in [6.07, 6.45) is 1.91. The Morgan fingerprint density at radius 1 is 1.13 bits per heavy atom. The van der Waals surface area contributed by atoms with Gasteiger partial charge in [0.05, 0.1) is 0 Å². The molecule has 2 unspecified atom stereocenters. The van der Waals surface area contributed by atoms with Crippen molar-refractivity contribution in [3.05, 3.63) is 23.8 Å². The quantitative estimate of drug-likeness (QED) is 0.752. The molecule has 2 fully saturated rings. The molecular formula is C22H28N2O7. The van der Waals surface area contributed by atoms with Gasteiger partial charge in [-0.25, -0.2) is 9.59 Å². The number of carboxylic acid groups (broad SMARTS) is 1. The lowest BCUT2D eigenvalue weighted by Gasteiger charge is -2.41. The van der Waals surface area contributed by atoms with Crippen LogP contribution in [0.5, 0.6) is 11.5 Å². The number of fused-ring (bicyclic) bond motifs is 3. The van der Waals surface area contributed by atoms with Crippen LogP contribution in [0.3, 0.4) is 0 Å². The van der Waals surface area contributed by atoms with Crippen molar-refractivity contribution in [1.29, 1.82) is 0 Å². The van der Waals surface area contributed by atoms with E-state index in [0.29, 0.717) is 29.9 Å². The highest BCUT2D eigenvalue weighted by Gasteiger charge is 2.47. The highest BCUT2D eigenvalue weighted by Crippen LogP contribution is 2.42. The van der Waals surface area contributed by atoms with Crippen LogP contribution >= 0.6 is 0 Å². The first-order valence-electron chi connectivity index (χ1n) is 10.6. The Morgan fingerprint density at radius 3 is 2.39 bits per heavy atom. The maximum Gasteiger partial charge on any atom is 0.408 e. The van der Waals surface area contributed by atoms with E-state index in [9.17, 15) is 19.5 Å². The van der Waals surface area contributed by atoms with Crippen molar-refractivity contribution in [3.8, 4) is 11.5 Å². The van der Waals surface area contributed by atoms with Crippen molar-refractivity contribution in [3.63, 3.8) is 0 Å². The Balaban J connectivity index is 1.46. The monoisotopic (exact) mass is 432 g/mol. The molecule has 1 aromatic carbocycles. The van der Waals surface area contributed by atoms with Crippen LogP contribution in [0.2, 0.25) is 0 Å². The number of hydrogen-bond acceptors (Lipinski definition) is 6. The SMILES string of the molecule is CC(C)(C)OC(=O)N[C@H](C(=O)O)C1CC2CCC(C1)N2C(=O)c1ccc2c(c1)OCO2. The molecule has 31 heavy (non-hydrogen) atoms. The maximum absolute atomic E-state index is 13.2. The number of nitrogens with zero attached hydrogens (tertiary/aromatic N) is 1. The molecule has 4 rings (SSSR count). The Labute approximate surface area is 180 Å². The van der Waals surface area contributed by atoms with Crippen LogP contribution in [0, 0.1) is 5.92 Å². The number of alkyl carbamates (subject to hydrolysis) is 1. The maximum atomic E-state index is 13.2. The third-order valence-corrected chi connectivity index (χ3v) is 6.03. The number of carboxylic acids is 1. The summed E-state index contributed by atoms with van der Waals surface area (Å²) in [5, 5.41) is 12.3. The van der Waals surface area contributed by atoms with Gasteiger partial charge in [-0.3, -0.25) is 4.79 Å². The molecule has 3 aliphatic rings. The van der Waals surface area contributed by atoms with Crippen molar-refractivity contribution in [2.75, 3.05) is 6.79 Å². The molecule has 9 nitrogen and oxygen atoms in total. The summed E-state index contributed by atoms with van der Waals surface area (Å²) < 4.78 is 15.9. The van der Waals surface area contributed by atoms with E-state index in [4.69, 9.17) is 14.2 Å². The number of piperidine rings is 1. The van der Waals surface area contributed by atoms with Crippen LogP contribution in [0.25, 0.3) is 0 Å². The van der Waals surface area contributed by atoms with Crippen LogP contribution in [-0.4, -0.2) is 58.5 Å². The summed E-state index contributed by atoms with van der Waals surface area (Å²) >= 11 is 0. The topological polar surface area (TPSA) is 114 Å². The molecule has 168 valence electrons. The highest BCUT2D eigenvalue weighted by molar-refractivity contribution is 5.95. The van der Waals surface area contributed by atoms with Crippen molar-refractivity contribution in [2.24, 2.45) is 5.92 Å². The fraction of sp³-hybridized carbons (Fsp3) is 0.591. The molecule has 2 amide bonds. The summed E-state index contributed by atoms with van der Waals surface area (Å²) in [6.45, 7) is 5.32. The lowest BCUT2D eigenvalue weighted by atomic mass is 9.84. The van der Waals surface area contributed by atoms with Gasteiger partial charge < -0.3 is 29.5 Å². The average Bonchev–Trinajstić information content (AvgIpc) is 3.25. The van der Waals surface area contributed by atoms with E-state index in [-0.39, 0.29) is 30.7 Å². The van der Waals surface area contributed by atoms with Crippen LogP contribution in [0.4, 0.5) is 4.79 Å². The van der Waals surface area contributed by atoms with Gasteiger partial charge in [-0.15, -0.1) is 0 Å². The number of amides is 2. The Hall–Kier alpha value is -2.97. The number of nitrogens with one attached hydrogen (secondary N) is 1. The van der Waals surface area contributed by atoms with E-state index in [1.165, 1.54) is 0 Å². The molecule has 0 radical (unpaired) electrons. The normalized spacial score (nSPS) is 25.1. The molecule has 3 heterocycles. The average molecular weight is 432 g/mol. The number of carbonyl (C=O) groups is 3. The van der Waals surface area contributed by atoms with Gasteiger partial charge in [0.2, 0.25) is 6.79 Å². The predicted molar refractivity (Wildman–Crippen MR) is 109 cm³/mol. The summed E-state index contributed by atoms with van der Waals surface area (Å²) in [5.74, 6) is -0.276. The van der Waals surface area contributed by atoms with Crippen LogP contribution in [0.1, 0.15) is 56.8 Å². The van der Waals surface area contributed by atoms with E-state index in [0.717, 1.165) is 12.8 Å². The first kappa shape index (κ1) is 21.3. The molecule has 3 aliphatic heterocycles. The van der Waals surface area contributed by atoms with Gasteiger partial charge >= 0.3 is 12.1 Å². The minimum atomic E-state index is -1.09. The van der Waals surface area contributed by atoms with Gasteiger partial charge in [0.15, 0.2) is 11.5 Å².